The Morgan fingerprint density at radius 3 is 2.25 bits per heavy atom. The molecule has 0 N–H and O–H groups in total. The molecule has 87 valence electrons. The summed E-state index contributed by atoms with van der Waals surface area (Å²) in [6.07, 6.45) is 0.545. The first-order valence-electron chi connectivity index (χ1n) is 4.39. The lowest BCUT2D eigenvalue weighted by Crippen LogP contribution is -2.14. The van der Waals surface area contributed by atoms with Gasteiger partial charge < -0.3 is 4.74 Å². The van der Waals surface area contributed by atoms with E-state index in [1.165, 1.54) is 6.92 Å². The molecule has 0 bridgehead atoms. The lowest BCUT2D eigenvalue weighted by Gasteiger charge is -2.09. The van der Waals surface area contributed by atoms with Crippen LogP contribution in [-0.4, -0.2) is 20.6 Å². The molecule has 1 radical (unpaired) electrons. The Morgan fingerprint density at radius 2 is 1.75 bits per heavy atom. The van der Waals surface area contributed by atoms with Gasteiger partial charge in [-0.25, -0.2) is 8.98 Å². The van der Waals surface area contributed by atoms with Gasteiger partial charge in [0, 0.05) is 6.92 Å². The maximum absolute atomic E-state index is 11.4. The van der Waals surface area contributed by atoms with E-state index in [1.54, 1.807) is 30.3 Å². The fourth-order valence-electron chi connectivity index (χ4n) is 0.994. The van der Waals surface area contributed by atoms with Crippen molar-refractivity contribution in [2.45, 2.75) is 6.92 Å². The summed E-state index contributed by atoms with van der Waals surface area (Å²) < 4.78 is 30.5. The molecule has 16 heavy (non-hydrogen) atoms. The van der Waals surface area contributed by atoms with E-state index in [0.717, 1.165) is 6.26 Å². The Labute approximate surface area is 94.1 Å². The summed E-state index contributed by atoms with van der Waals surface area (Å²) in [4.78, 5) is 11.4. The lowest BCUT2D eigenvalue weighted by molar-refractivity contribution is 0.0249. The number of hydrogen-bond acceptors (Lipinski definition) is 5. The van der Waals surface area contributed by atoms with Crippen molar-refractivity contribution in [1.29, 1.82) is 0 Å². The zero-order chi connectivity index (χ0) is 12.2. The van der Waals surface area contributed by atoms with Gasteiger partial charge in [0.1, 0.15) is 0 Å². The molecule has 5 nitrogen and oxygen atoms in total. The average Bonchev–Trinajstić information content (AvgIpc) is 2.16. The Kier molecular flexibility index (Phi) is 4.03. The lowest BCUT2D eigenvalue weighted by atomic mass is 10.2. The van der Waals surface area contributed by atoms with Gasteiger partial charge >= 0.3 is 5.97 Å². The van der Waals surface area contributed by atoms with Gasteiger partial charge in [0.05, 0.1) is 11.8 Å². The Hall–Kier alpha value is -1.40. The third-order valence-electron chi connectivity index (χ3n) is 1.51. The van der Waals surface area contributed by atoms with Gasteiger partial charge in [-0.1, -0.05) is 18.2 Å². The van der Waals surface area contributed by atoms with Crippen LogP contribution in [0.2, 0.25) is 0 Å². The Balaban J connectivity index is 2.59. The van der Waals surface area contributed by atoms with Crippen molar-refractivity contribution in [3.05, 3.63) is 42.2 Å². The zero-order valence-corrected chi connectivity index (χ0v) is 9.65. The molecule has 1 aromatic carbocycles. The van der Waals surface area contributed by atoms with Gasteiger partial charge in [-0.15, -0.1) is 0 Å². The summed E-state index contributed by atoms with van der Waals surface area (Å²) in [7, 11) is -3.67. The van der Waals surface area contributed by atoms with Gasteiger partial charge in [-0.2, -0.15) is 8.42 Å². The summed E-state index contributed by atoms with van der Waals surface area (Å²) >= 11 is 0. The molecule has 1 aromatic rings. The third-order valence-corrected chi connectivity index (χ3v) is 2.05. The quantitative estimate of drug-likeness (QED) is 0.589. The molecule has 6 heteroatoms. The van der Waals surface area contributed by atoms with E-state index in [2.05, 4.69) is 8.92 Å². The monoisotopic (exact) mass is 243 g/mol. The van der Waals surface area contributed by atoms with Crippen molar-refractivity contribution in [1.82, 2.24) is 0 Å². The van der Waals surface area contributed by atoms with Crippen LogP contribution >= 0.6 is 0 Å². The summed E-state index contributed by atoms with van der Waals surface area (Å²) in [5.41, 5.74) is 0.318. The number of esters is 1. The number of carbonyl (C=O) groups excluding carboxylic acids is 1. The third kappa shape index (κ3) is 4.41. The molecular formula is C10H11O5S. The van der Waals surface area contributed by atoms with Crippen LogP contribution < -0.4 is 0 Å². The highest BCUT2D eigenvalue weighted by molar-refractivity contribution is 7.86. The standard InChI is InChI=1S/C10H11O5S/c1-8(15-16(2,12)13)14-10(11)9-6-4-3-5-7-9/h3-7H,1-2H3. The van der Waals surface area contributed by atoms with Crippen molar-refractivity contribution in [2.75, 3.05) is 6.26 Å². The van der Waals surface area contributed by atoms with Gasteiger partial charge in [-0.05, 0) is 12.1 Å². The minimum atomic E-state index is -3.67. The van der Waals surface area contributed by atoms with Gasteiger partial charge in [0.25, 0.3) is 16.4 Å². The van der Waals surface area contributed by atoms with Crippen LogP contribution in [0.15, 0.2) is 30.3 Å². The topological polar surface area (TPSA) is 69.7 Å². The van der Waals surface area contributed by atoms with Crippen molar-refractivity contribution in [3.8, 4) is 0 Å². The second-order valence-corrected chi connectivity index (χ2v) is 4.61. The predicted octanol–water partition coefficient (Wildman–Crippen LogP) is 1.33. The Morgan fingerprint density at radius 1 is 1.19 bits per heavy atom. The van der Waals surface area contributed by atoms with Crippen molar-refractivity contribution in [3.63, 3.8) is 0 Å². The molecule has 1 rings (SSSR count). The number of benzene rings is 1. The Bertz CT molecular complexity index is 451. The molecule has 0 unspecified atom stereocenters. The average molecular weight is 243 g/mol. The van der Waals surface area contributed by atoms with Gasteiger partial charge in [0.15, 0.2) is 0 Å². The van der Waals surface area contributed by atoms with E-state index < -0.39 is 16.1 Å². The van der Waals surface area contributed by atoms with Crippen molar-refractivity contribution >= 4 is 16.1 Å². The summed E-state index contributed by atoms with van der Waals surface area (Å²) in [6, 6.07) is 8.19. The van der Waals surface area contributed by atoms with Crippen LogP contribution in [-0.2, 0) is 19.0 Å². The fraction of sp³-hybridized carbons (Fsp3) is 0.200. The van der Waals surface area contributed by atoms with Crippen LogP contribution in [0.5, 0.6) is 0 Å². The van der Waals surface area contributed by atoms with Crippen LogP contribution in [0.4, 0.5) is 0 Å². The molecule has 0 aliphatic carbocycles. The fourth-order valence-corrected chi connectivity index (χ4v) is 1.45. The molecule has 0 saturated heterocycles. The highest BCUT2D eigenvalue weighted by Crippen LogP contribution is 2.11. The summed E-state index contributed by atoms with van der Waals surface area (Å²) in [5.74, 6) is -0.665. The molecule has 0 aliphatic heterocycles. The molecule has 0 heterocycles. The number of rotatable bonds is 4. The zero-order valence-electron chi connectivity index (χ0n) is 8.84. The second kappa shape index (κ2) is 5.09. The molecule has 0 spiro atoms. The molecule has 0 aromatic heterocycles. The van der Waals surface area contributed by atoms with Crippen LogP contribution in [0.1, 0.15) is 17.3 Å². The first kappa shape index (κ1) is 12.7. The minimum absolute atomic E-state index is 0.318. The normalized spacial score (nSPS) is 11.4. The van der Waals surface area contributed by atoms with Gasteiger partial charge in [0.2, 0.25) is 0 Å². The number of hydrogen-bond donors (Lipinski definition) is 0. The summed E-state index contributed by atoms with van der Waals surface area (Å²) in [5, 5.41) is 0. The molecule has 0 atom stereocenters. The largest absolute Gasteiger partial charge is 0.421 e. The highest BCUT2D eigenvalue weighted by atomic mass is 32.2. The van der Waals surface area contributed by atoms with E-state index in [-0.39, 0.29) is 6.29 Å². The van der Waals surface area contributed by atoms with E-state index in [1.807, 2.05) is 0 Å². The van der Waals surface area contributed by atoms with Crippen molar-refractivity contribution < 1.29 is 22.1 Å². The number of carbonyl (C=O) groups is 1. The number of ether oxygens (including phenoxy) is 1. The SMILES string of the molecule is C[C](OC(=O)c1ccccc1)OS(C)(=O)=O. The van der Waals surface area contributed by atoms with Crippen LogP contribution in [0, 0.1) is 6.29 Å². The van der Waals surface area contributed by atoms with Crippen LogP contribution in [0.3, 0.4) is 0 Å². The first-order valence-corrected chi connectivity index (χ1v) is 6.20. The first-order chi connectivity index (χ1) is 7.38. The summed E-state index contributed by atoms with van der Waals surface area (Å²) in [6.45, 7) is 1.25. The molecule has 0 aliphatic rings. The maximum atomic E-state index is 11.4. The van der Waals surface area contributed by atoms with E-state index in [4.69, 9.17) is 0 Å². The molecule has 0 fully saturated rings. The van der Waals surface area contributed by atoms with E-state index in [9.17, 15) is 13.2 Å². The van der Waals surface area contributed by atoms with Gasteiger partial charge in [-0.3, -0.25) is 0 Å². The van der Waals surface area contributed by atoms with E-state index >= 15 is 0 Å². The highest BCUT2D eigenvalue weighted by Gasteiger charge is 2.17. The van der Waals surface area contributed by atoms with Crippen molar-refractivity contribution in [2.24, 2.45) is 0 Å². The van der Waals surface area contributed by atoms with E-state index in [0.29, 0.717) is 5.56 Å². The van der Waals surface area contributed by atoms with Crippen LogP contribution in [0.25, 0.3) is 0 Å². The maximum Gasteiger partial charge on any atom is 0.340 e. The molecule has 0 saturated carbocycles. The minimum Gasteiger partial charge on any atom is -0.421 e. The molecule has 0 amide bonds. The molecular weight excluding hydrogens is 232 g/mol. The smallest absolute Gasteiger partial charge is 0.340 e. The second-order valence-electron chi connectivity index (χ2n) is 3.03. The predicted molar refractivity (Wildman–Crippen MR) is 56.7 cm³/mol.